The Kier molecular flexibility index (Phi) is 12.5. The van der Waals surface area contributed by atoms with E-state index in [0.717, 1.165) is 64.9 Å². The van der Waals surface area contributed by atoms with E-state index in [1.807, 2.05) is 0 Å². The summed E-state index contributed by atoms with van der Waals surface area (Å²) in [5, 5.41) is 6.89. The largest absolute Gasteiger partial charge is 0.374 e. The van der Waals surface area contributed by atoms with Gasteiger partial charge in [-0.15, -0.1) is 24.0 Å². The molecule has 7 nitrogen and oxygen atoms in total. The summed E-state index contributed by atoms with van der Waals surface area (Å²) in [6.07, 6.45) is 0.747. The molecular formula is C22H46IN5O2. The molecule has 2 heterocycles. The summed E-state index contributed by atoms with van der Waals surface area (Å²) >= 11 is 0. The van der Waals surface area contributed by atoms with Crippen LogP contribution in [-0.4, -0.2) is 98.6 Å². The minimum absolute atomic E-state index is 0. The SMILES string of the molecule is CCNC(=NCC(C)(C)N1CC(C)OC(C)C1)NCC1CN(CC(C)C)CCO1.I. The molecule has 0 amide bonds. The van der Waals surface area contributed by atoms with E-state index in [1.165, 1.54) is 0 Å². The number of ether oxygens (including phenoxy) is 2. The highest BCUT2D eigenvalue weighted by Gasteiger charge is 2.33. The molecule has 2 saturated heterocycles. The van der Waals surface area contributed by atoms with Crippen LogP contribution in [0, 0.1) is 5.92 Å². The minimum Gasteiger partial charge on any atom is -0.374 e. The number of hydrogen-bond acceptors (Lipinski definition) is 5. The number of nitrogens with zero attached hydrogens (tertiary/aromatic N) is 3. The zero-order valence-electron chi connectivity index (χ0n) is 20.2. The van der Waals surface area contributed by atoms with Crippen molar-refractivity contribution in [3.05, 3.63) is 0 Å². The lowest BCUT2D eigenvalue weighted by atomic mass is 10.0. The fraction of sp³-hybridized carbons (Fsp3) is 0.955. The first kappa shape index (κ1) is 27.9. The molecule has 2 rings (SSSR count). The van der Waals surface area contributed by atoms with Gasteiger partial charge in [0, 0.05) is 51.4 Å². The van der Waals surface area contributed by atoms with Crippen LogP contribution in [0.25, 0.3) is 0 Å². The Bertz CT molecular complexity index is 508. The fourth-order valence-electron chi connectivity index (χ4n) is 4.18. The van der Waals surface area contributed by atoms with E-state index < -0.39 is 0 Å². The molecule has 0 spiro atoms. The van der Waals surface area contributed by atoms with E-state index in [2.05, 4.69) is 68.9 Å². The lowest BCUT2D eigenvalue weighted by Gasteiger charge is -2.44. The normalized spacial score (nSPS) is 27.1. The molecule has 0 radical (unpaired) electrons. The van der Waals surface area contributed by atoms with Crippen molar-refractivity contribution in [2.24, 2.45) is 10.9 Å². The quantitative estimate of drug-likeness (QED) is 0.281. The lowest BCUT2D eigenvalue weighted by Crippen LogP contribution is -2.56. The third-order valence-electron chi connectivity index (χ3n) is 5.59. The predicted molar refractivity (Wildman–Crippen MR) is 136 cm³/mol. The van der Waals surface area contributed by atoms with Crippen LogP contribution in [0.15, 0.2) is 4.99 Å². The van der Waals surface area contributed by atoms with Crippen molar-refractivity contribution >= 4 is 29.9 Å². The summed E-state index contributed by atoms with van der Waals surface area (Å²) in [5.74, 6) is 1.56. The highest BCUT2D eigenvalue weighted by atomic mass is 127. The van der Waals surface area contributed by atoms with Gasteiger partial charge in [0.15, 0.2) is 5.96 Å². The average molecular weight is 540 g/mol. The predicted octanol–water partition coefficient (Wildman–Crippen LogP) is 2.40. The highest BCUT2D eigenvalue weighted by molar-refractivity contribution is 14.0. The van der Waals surface area contributed by atoms with Crippen LogP contribution in [0.4, 0.5) is 0 Å². The maximum atomic E-state index is 5.97. The van der Waals surface area contributed by atoms with Crippen LogP contribution >= 0.6 is 24.0 Å². The third-order valence-corrected chi connectivity index (χ3v) is 5.59. The summed E-state index contributed by atoms with van der Waals surface area (Å²) in [5.41, 5.74) is -0.00987. The van der Waals surface area contributed by atoms with Gasteiger partial charge in [0.2, 0.25) is 0 Å². The van der Waals surface area contributed by atoms with Crippen molar-refractivity contribution in [3.63, 3.8) is 0 Å². The van der Waals surface area contributed by atoms with Crippen LogP contribution < -0.4 is 10.6 Å². The van der Waals surface area contributed by atoms with Gasteiger partial charge >= 0.3 is 0 Å². The molecule has 30 heavy (non-hydrogen) atoms. The number of guanidine groups is 1. The molecule has 0 aromatic heterocycles. The fourth-order valence-corrected chi connectivity index (χ4v) is 4.18. The Morgan fingerprint density at radius 2 is 1.80 bits per heavy atom. The Morgan fingerprint density at radius 3 is 2.40 bits per heavy atom. The maximum Gasteiger partial charge on any atom is 0.191 e. The van der Waals surface area contributed by atoms with E-state index >= 15 is 0 Å². The Balaban J connectivity index is 0.00000450. The Labute approximate surface area is 201 Å². The summed E-state index contributed by atoms with van der Waals surface area (Å²) in [4.78, 5) is 9.92. The van der Waals surface area contributed by atoms with Gasteiger partial charge in [0.25, 0.3) is 0 Å². The topological polar surface area (TPSA) is 61.4 Å². The van der Waals surface area contributed by atoms with Crippen LogP contribution in [0.1, 0.15) is 48.5 Å². The third kappa shape index (κ3) is 9.54. The highest BCUT2D eigenvalue weighted by Crippen LogP contribution is 2.21. The molecule has 2 N–H and O–H groups in total. The van der Waals surface area contributed by atoms with Gasteiger partial charge < -0.3 is 20.1 Å². The van der Waals surface area contributed by atoms with Crippen LogP contribution in [0.3, 0.4) is 0 Å². The van der Waals surface area contributed by atoms with Crippen molar-refractivity contribution in [1.29, 1.82) is 0 Å². The summed E-state index contributed by atoms with van der Waals surface area (Å²) in [6.45, 7) is 23.8. The Hall–Kier alpha value is -0.160. The second kappa shape index (κ2) is 13.4. The summed E-state index contributed by atoms with van der Waals surface area (Å²) in [7, 11) is 0. The average Bonchev–Trinajstić information content (AvgIpc) is 2.63. The first-order chi connectivity index (χ1) is 13.7. The first-order valence-corrected chi connectivity index (χ1v) is 11.5. The number of rotatable bonds is 8. The van der Waals surface area contributed by atoms with E-state index in [0.29, 0.717) is 5.92 Å². The number of halogens is 1. The molecule has 0 aromatic carbocycles. The standard InChI is InChI=1S/C22H45N5O2.HI/c1-8-23-21(24-11-20-15-26(9-10-28-20)12-17(2)3)25-16-22(6,7)27-13-18(4)29-19(5)14-27;/h17-20H,8-16H2,1-7H3,(H2,23,24,25);1H. The molecule has 3 atom stereocenters. The smallest absolute Gasteiger partial charge is 0.191 e. The van der Waals surface area contributed by atoms with Gasteiger partial charge in [0.05, 0.1) is 31.5 Å². The zero-order valence-corrected chi connectivity index (χ0v) is 22.6. The van der Waals surface area contributed by atoms with Crippen molar-refractivity contribution in [1.82, 2.24) is 20.4 Å². The Morgan fingerprint density at radius 1 is 1.13 bits per heavy atom. The van der Waals surface area contributed by atoms with Crippen molar-refractivity contribution in [3.8, 4) is 0 Å². The molecule has 0 saturated carbocycles. The van der Waals surface area contributed by atoms with Gasteiger partial charge in [-0.3, -0.25) is 14.8 Å². The second-order valence-corrected chi connectivity index (χ2v) is 9.70. The van der Waals surface area contributed by atoms with E-state index in [-0.39, 0.29) is 47.8 Å². The molecular weight excluding hydrogens is 493 g/mol. The molecule has 0 aromatic rings. The maximum absolute atomic E-state index is 5.97. The van der Waals surface area contributed by atoms with Gasteiger partial charge in [0.1, 0.15) is 0 Å². The van der Waals surface area contributed by atoms with E-state index in [1.54, 1.807) is 0 Å². The van der Waals surface area contributed by atoms with E-state index in [9.17, 15) is 0 Å². The van der Waals surface area contributed by atoms with Crippen LogP contribution in [0.2, 0.25) is 0 Å². The van der Waals surface area contributed by atoms with Gasteiger partial charge in [-0.25, -0.2) is 0 Å². The molecule has 2 fully saturated rings. The van der Waals surface area contributed by atoms with Crippen molar-refractivity contribution < 1.29 is 9.47 Å². The number of hydrogen-bond donors (Lipinski definition) is 2. The number of nitrogens with one attached hydrogen (secondary N) is 2. The molecule has 2 aliphatic heterocycles. The van der Waals surface area contributed by atoms with Gasteiger partial charge in [-0.1, -0.05) is 13.8 Å². The van der Waals surface area contributed by atoms with Crippen LogP contribution in [0.5, 0.6) is 0 Å². The number of aliphatic imine (C=N–C) groups is 1. The van der Waals surface area contributed by atoms with Gasteiger partial charge in [-0.2, -0.15) is 0 Å². The molecule has 3 unspecified atom stereocenters. The minimum atomic E-state index is -0.00987. The molecule has 0 bridgehead atoms. The van der Waals surface area contributed by atoms with E-state index in [4.69, 9.17) is 14.5 Å². The lowest BCUT2D eigenvalue weighted by molar-refractivity contribution is -0.0939. The number of morpholine rings is 2. The molecule has 178 valence electrons. The molecule has 2 aliphatic rings. The molecule has 0 aliphatic carbocycles. The van der Waals surface area contributed by atoms with Crippen LogP contribution in [-0.2, 0) is 9.47 Å². The van der Waals surface area contributed by atoms with Gasteiger partial charge in [-0.05, 0) is 40.5 Å². The monoisotopic (exact) mass is 539 g/mol. The second-order valence-electron chi connectivity index (χ2n) is 9.70. The van der Waals surface area contributed by atoms with Crippen molar-refractivity contribution in [2.75, 3.05) is 59.0 Å². The molecule has 8 heteroatoms. The summed E-state index contributed by atoms with van der Waals surface area (Å²) < 4.78 is 11.9. The summed E-state index contributed by atoms with van der Waals surface area (Å²) in [6, 6.07) is 0. The zero-order chi connectivity index (χ0) is 21.4. The first-order valence-electron chi connectivity index (χ1n) is 11.5. The van der Waals surface area contributed by atoms with Crippen molar-refractivity contribution in [2.45, 2.75) is 72.3 Å².